The first kappa shape index (κ1) is 30.0. The fourth-order valence-corrected chi connectivity index (χ4v) is 4.35. The topological polar surface area (TPSA) is 119 Å². The fraction of sp³-hybridized carbons (Fsp3) is 0.762. The van der Waals surface area contributed by atoms with Crippen LogP contribution >= 0.6 is 0 Å². The maximum absolute atomic E-state index is 11.7. The van der Waals surface area contributed by atoms with E-state index in [9.17, 15) is 14.4 Å². The number of carbonyl (C=O) groups excluding carboxylic acids is 3. The van der Waals surface area contributed by atoms with Gasteiger partial charge in [0.2, 0.25) is 0 Å². The Hall–Kier alpha value is -1.95. The van der Waals surface area contributed by atoms with Gasteiger partial charge in [0.25, 0.3) is 0 Å². The molecule has 0 atom stereocenters. The number of carbonyl (C=O) groups is 3. The Kier molecular flexibility index (Phi) is 17.5. The summed E-state index contributed by atoms with van der Waals surface area (Å²) < 4.78 is 30.9. The van der Waals surface area contributed by atoms with E-state index >= 15 is 0 Å². The third kappa shape index (κ3) is 14.9. The third-order valence-corrected chi connectivity index (χ3v) is 7.38. The standard InChI is InChI=1S/C21H39NO9Si/c1-18(2)20(24)30-16-15-29-19(23)12-9-7-6-8-10-13-22-21(25)31-14-11-17-32(26-3,27-4)28-5/h1,6-17H2,2-5H3,(H,22,25). The lowest BCUT2D eigenvalue weighted by molar-refractivity contribution is -0.150. The lowest BCUT2D eigenvalue weighted by Crippen LogP contribution is -2.42. The van der Waals surface area contributed by atoms with Gasteiger partial charge in [-0.2, -0.15) is 0 Å². The van der Waals surface area contributed by atoms with Gasteiger partial charge in [0.15, 0.2) is 0 Å². The predicted octanol–water partition coefficient (Wildman–Crippen LogP) is 2.98. The zero-order valence-corrected chi connectivity index (χ0v) is 20.9. The molecule has 1 N–H and O–H groups in total. The first-order valence-electron chi connectivity index (χ1n) is 10.8. The minimum Gasteiger partial charge on any atom is -0.462 e. The van der Waals surface area contributed by atoms with Crippen LogP contribution in [0.4, 0.5) is 4.79 Å². The van der Waals surface area contributed by atoms with Crippen molar-refractivity contribution < 1.29 is 41.9 Å². The SMILES string of the molecule is C=C(C)C(=O)OCCOC(=O)CCCCCCCNC(=O)OCCC[Si](OC)(OC)OC. The normalized spacial score (nSPS) is 11.0. The average Bonchev–Trinajstić information content (AvgIpc) is 2.78. The molecule has 0 fully saturated rings. The number of rotatable bonds is 19. The Morgan fingerprint density at radius 1 is 0.781 bits per heavy atom. The Morgan fingerprint density at radius 2 is 1.38 bits per heavy atom. The maximum Gasteiger partial charge on any atom is 0.500 e. The van der Waals surface area contributed by atoms with E-state index < -0.39 is 20.9 Å². The van der Waals surface area contributed by atoms with Crippen molar-refractivity contribution in [1.82, 2.24) is 5.32 Å². The highest BCUT2D eigenvalue weighted by Crippen LogP contribution is 2.14. The molecule has 0 radical (unpaired) electrons. The van der Waals surface area contributed by atoms with Gasteiger partial charge in [-0.25, -0.2) is 9.59 Å². The summed E-state index contributed by atoms with van der Waals surface area (Å²) >= 11 is 0. The van der Waals surface area contributed by atoms with Crippen molar-refractivity contribution in [2.75, 3.05) is 47.7 Å². The van der Waals surface area contributed by atoms with Crippen LogP contribution in [-0.4, -0.2) is 74.5 Å². The van der Waals surface area contributed by atoms with Crippen LogP contribution in [0.2, 0.25) is 6.04 Å². The molecule has 1 amide bonds. The van der Waals surface area contributed by atoms with E-state index in [0.717, 1.165) is 32.1 Å². The van der Waals surface area contributed by atoms with Gasteiger partial charge in [-0.3, -0.25) is 4.79 Å². The molecule has 0 heterocycles. The Bertz CT molecular complexity index is 559. The summed E-state index contributed by atoms with van der Waals surface area (Å²) in [7, 11) is 2.02. The van der Waals surface area contributed by atoms with Crippen LogP contribution in [-0.2, 0) is 37.1 Å². The lowest BCUT2D eigenvalue weighted by atomic mass is 10.1. The van der Waals surface area contributed by atoms with E-state index in [1.165, 1.54) is 0 Å². The smallest absolute Gasteiger partial charge is 0.462 e. The van der Waals surface area contributed by atoms with Crippen molar-refractivity contribution in [3.63, 3.8) is 0 Å². The monoisotopic (exact) mass is 477 g/mol. The molecule has 0 unspecified atom stereocenters. The number of esters is 2. The van der Waals surface area contributed by atoms with Gasteiger partial charge in [-0.15, -0.1) is 0 Å². The Labute approximate surface area is 192 Å². The summed E-state index contributed by atoms with van der Waals surface area (Å²) in [5.41, 5.74) is 0.309. The molecule has 0 spiro atoms. The van der Waals surface area contributed by atoms with Gasteiger partial charge in [0.1, 0.15) is 13.2 Å². The van der Waals surface area contributed by atoms with Crippen molar-refractivity contribution in [3.05, 3.63) is 12.2 Å². The summed E-state index contributed by atoms with van der Waals surface area (Å²) in [6.45, 7) is 5.90. The second-order valence-corrected chi connectivity index (χ2v) is 10.2. The molecule has 0 aromatic carbocycles. The van der Waals surface area contributed by atoms with Gasteiger partial charge < -0.3 is 32.8 Å². The molecular formula is C21H39NO9Si. The van der Waals surface area contributed by atoms with Crippen LogP contribution in [0.25, 0.3) is 0 Å². The molecule has 0 saturated carbocycles. The molecule has 186 valence electrons. The van der Waals surface area contributed by atoms with E-state index in [1.54, 1.807) is 28.3 Å². The van der Waals surface area contributed by atoms with E-state index in [4.69, 9.17) is 27.5 Å². The second kappa shape index (κ2) is 18.6. The summed E-state index contributed by atoms with van der Waals surface area (Å²) in [5, 5.41) is 2.72. The highest BCUT2D eigenvalue weighted by atomic mass is 28.4. The summed E-state index contributed by atoms with van der Waals surface area (Å²) in [6.07, 6.45) is 4.84. The molecule has 0 aliphatic rings. The van der Waals surface area contributed by atoms with Gasteiger partial charge in [0, 0.05) is 45.9 Å². The molecule has 32 heavy (non-hydrogen) atoms. The second-order valence-electron chi connectivity index (χ2n) is 7.12. The molecule has 0 saturated heterocycles. The Morgan fingerprint density at radius 3 is 2.00 bits per heavy atom. The van der Waals surface area contributed by atoms with Gasteiger partial charge >= 0.3 is 26.8 Å². The van der Waals surface area contributed by atoms with Crippen LogP contribution in [0.1, 0.15) is 51.9 Å². The molecule has 0 rings (SSSR count). The number of hydrogen-bond acceptors (Lipinski definition) is 9. The van der Waals surface area contributed by atoms with Gasteiger partial charge in [0.05, 0.1) is 6.61 Å². The van der Waals surface area contributed by atoms with Crippen LogP contribution in [0.5, 0.6) is 0 Å². The number of unbranched alkanes of at least 4 members (excludes halogenated alkanes) is 4. The van der Waals surface area contributed by atoms with Gasteiger partial charge in [-0.05, 0) is 26.2 Å². The first-order chi connectivity index (χ1) is 15.3. The van der Waals surface area contributed by atoms with Crippen molar-refractivity contribution in [2.24, 2.45) is 0 Å². The van der Waals surface area contributed by atoms with Crippen LogP contribution < -0.4 is 5.32 Å². The molecule has 11 heteroatoms. The zero-order chi connectivity index (χ0) is 24.2. The molecule has 0 aliphatic carbocycles. The van der Waals surface area contributed by atoms with Crippen LogP contribution in [0, 0.1) is 0 Å². The zero-order valence-electron chi connectivity index (χ0n) is 19.9. The fourth-order valence-electron chi connectivity index (χ4n) is 2.66. The van der Waals surface area contributed by atoms with E-state index in [1.807, 2.05) is 0 Å². The number of ether oxygens (including phenoxy) is 3. The molecule has 10 nitrogen and oxygen atoms in total. The van der Waals surface area contributed by atoms with Crippen molar-refractivity contribution in [3.8, 4) is 0 Å². The quantitative estimate of drug-likeness (QED) is 0.0984. The highest BCUT2D eigenvalue weighted by Gasteiger charge is 2.36. The number of nitrogens with one attached hydrogen (secondary N) is 1. The Balaban J connectivity index is 3.54. The molecular weight excluding hydrogens is 438 g/mol. The van der Waals surface area contributed by atoms with Crippen LogP contribution in [0.3, 0.4) is 0 Å². The first-order valence-corrected chi connectivity index (χ1v) is 12.8. The molecule has 0 aromatic rings. The van der Waals surface area contributed by atoms with Crippen molar-refractivity contribution in [2.45, 2.75) is 57.9 Å². The third-order valence-electron chi connectivity index (χ3n) is 4.55. The predicted molar refractivity (Wildman–Crippen MR) is 120 cm³/mol. The average molecular weight is 478 g/mol. The molecule has 0 bridgehead atoms. The lowest BCUT2D eigenvalue weighted by Gasteiger charge is -2.24. The molecule has 0 aromatic heterocycles. The summed E-state index contributed by atoms with van der Waals surface area (Å²) in [5.74, 6) is -0.797. The summed E-state index contributed by atoms with van der Waals surface area (Å²) in [6, 6.07) is 0.569. The number of amides is 1. The van der Waals surface area contributed by atoms with Gasteiger partial charge in [-0.1, -0.05) is 25.8 Å². The molecule has 0 aliphatic heterocycles. The maximum atomic E-state index is 11.7. The number of alkyl carbamates (subject to hydrolysis) is 1. The van der Waals surface area contributed by atoms with Crippen LogP contribution in [0.15, 0.2) is 12.2 Å². The number of hydrogen-bond donors (Lipinski definition) is 1. The van der Waals surface area contributed by atoms with Crippen molar-refractivity contribution in [1.29, 1.82) is 0 Å². The largest absolute Gasteiger partial charge is 0.500 e. The highest BCUT2D eigenvalue weighted by molar-refractivity contribution is 6.60. The minimum absolute atomic E-state index is 0.0306. The summed E-state index contributed by atoms with van der Waals surface area (Å²) in [4.78, 5) is 34.4. The van der Waals surface area contributed by atoms with E-state index in [0.29, 0.717) is 31.0 Å². The van der Waals surface area contributed by atoms with Crippen molar-refractivity contribution >= 4 is 26.8 Å². The van der Waals surface area contributed by atoms with E-state index in [-0.39, 0.29) is 25.8 Å². The minimum atomic E-state index is -2.62. The van der Waals surface area contributed by atoms with E-state index in [2.05, 4.69) is 11.9 Å².